The minimum Gasteiger partial charge on any atom is -0.332 e. The maximum absolute atomic E-state index is 13.1. The summed E-state index contributed by atoms with van der Waals surface area (Å²) in [5, 5.41) is 0. The fourth-order valence-corrected chi connectivity index (χ4v) is 3.99. The van der Waals surface area contributed by atoms with Crippen LogP contribution in [0.2, 0.25) is 0 Å². The number of piperazine rings is 2. The van der Waals surface area contributed by atoms with E-state index in [0.717, 1.165) is 17.8 Å². The number of hydrogen-bond acceptors (Lipinski definition) is 4. The highest BCUT2D eigenvalue weighted by molar-refractivity contribution is 5.97. The van der Waals surface area contributed by atoms with E-state index < -0.39 is 12.1 Å². The first-order valence-corrected chi connectivity index (χ1v) is 9.37. The molecule has 2 aliphatic heterocycles. The van der Waals surface area contributed by atoms with Crippen LogP contribution in [0.4, 0.5) is 0 Å². The van der Waals surface area contributed by atoms with Gasteiger partial charge in [0.15, 0.2) is 0 Å². The molecule has 4 rings (SSSR count). The van der Waals surface area contributed by atoms with Crippen LogP contribution in [0, 0.1) is 0 Å². The molecule has 2 aliphatic rings. The first-order chi connectivity index (χ1) is 13.1. The van der Waals surface area contributed by atoms with Crippen molar-refractivity contribution >= 4 is 11.8 Å². The van der Waals surface area contributed by atoms with Crippen molar-refractivity contribution < 1.29 is 9.59 Å². The van der Waals surface area contributed by atoms with Crippen molar-refractivity contribution in [1.82, 2.24) is 19.7 Å². The zero-order chi connectivity index (χ0) is 18.8. The van der Waals surface area contributed by atoms with Crippen molar-refractivity contribution in [2.45, 2.75) is 25.0 Å². The van der Waals surface area contributed by atoms with Crippen LogP contribution in [0.3, 0.4) is 0 Å². The minimum absolute atomic E-state index is 0.0289. The quantitative estimate of drug-likeness (QED) is 0.818. The molecular formula is C21H24N4O2. The zero-order valence-electron chi connectivity index (χ0n) is 15.5. The van der Waals surface area contributed by atoms with E-state index in [1.165, 1.54) is 0 Å². The van der Waals surface area contributed by atoms with Crippen LogP contribution in [0.25, 0.3) is 0 Å². The van der Waals surface area contributed by atoms with Gasteiger partial charge in [-0.15, -0.1) is 0 Å². The average Bonchev–Trinajstić information content (AvgIpc) is 2.71. The number of nitrogens with zero attached hydrogens (tertiary/aromatic N) is 4. The Morgan fingerprint density at radius 1 is 1.00 bits per heavy atom. The van der Waals surface area contributed by atoms with Crippen LogP contribution < -0.4 is 0 Å². The predicted octanol–water partition coefficient (Wildman–Crippen LogP) is 1.18. The van der Waals surface area contributed by atoms with Gasteiger partial charge in [-0.2, -0.15) is 0 Å². The first-order valence-electron chi connectivity index (χ1n) is 9.37. The molecule has 1 aromatic heterocycles. The van der Waals surface area contributed by atoms with Crippen LogP contribution in [0.15, 0.2) is 54.7 Å². The van der Waals surface area contributed by atoms with Crippen molar-refractivity contribution in [3.63, 3.8) is 0 Å². The fourth-order valence-electron chi connectivity index (χ4n) is 3.99. The molecule has 2 saturated heterocycles. The van der Waals surface area contributed by atoms with E-state index in [1.807, 2.05) is 48.5 Å². The van der Waals surface area contributed by atoms with Gasteiger partial charge >= 0.3 is 0 Å². The number of likely N-dealkylation sites (N-methyl/N-ethyl adjacent to an activating group) is 1. The van der Waals surface area contributed by atoms with Crippen molar-refractivity contribution in [2.75, 3.05) is 26.7 Å². The molecule has 2 amide bonds. The van der Waals surface area contributed by atoms with Crippen LogP contribution in [0.5, 0.6) is 0 Å². The number of hydrogen-bond donors (Lipinski definition) is 0. The summed E-state index contributed by atoms with van der Waals surface area (Å²) in [4.78, 5) is 36.1. The Kier molecular flexibility index (Phi) is 4.90. The summed E-state index contributed by atoms with van der Waals surface area (Å²) >= 11 is 0. The number of aromatic nitrogens is 1. The van der Waals surface area contributed by atoms with Crippen molar-refractivity contribution in [3.05, 3.63) is 66.0 Å². The summed E-state index contributed by atoms with van der Waals surface area (Å²) in [6.45, 7) is 2.60. The molecule has 0 radical (unpaired) electrons. The van der Waals surface area contributed by atoms with Gasteiger partial charge in [-0.1, -0.05) is 36.4 Å². The number of amides is 2. The lowest BCUT2D eigenvalue weighted by molar-refractivity contribution is -0.164. The Bertz CT molecular complexity index is 811. The number of carbonyl (C=O) groups is 2. The second-order valence-electron chi connectivity index (χ2n) is 7.26. The zero-order valence-corrected chi connectivity index (χ0v) is 15.5. The van der Waals surface area contributed by atoms with Crippen LogP contribution in [-0.2, 0) is 22.6 Å². The van der Waals surface area contributed by atoms with Crippen molar-refractivity contribution in [3.8, 4) is 0 Å². The molecule has 3 heterocycles. The van der Waals surface area contributed by atoms with Crippen LogP contribution >= 0.6 is 0 Å². The Morgan fingerprint density at radius 3 is 2.52 bits per heavy atom. The minimum atomic E-state index is -0.418. The molecular weight excluding hydrogens is 340 g/mol. The van der Waals surface area contributed by atoms with Gasteiger partial charge in [0.25, 0.3) is 0 Å². The van der Waals surface area contributed by atoms with E-state index in [9.17, 15) is 9.59 Å². The summed E-state index contributed by atoms with van der Waals surface area (Å²) < 4.78 is 0. The van der Waals surface area contributed by atoms with Gasteiger partial charge in [-0.3, -0.25) is 19.5 Å². The van der Waals surface area contributed by atoms with Gasteiger partial charge in [-0.05, 0) is 17.7 Å². The molecule has 1 aromatic carbocycles. The third-order valence-electron chi connectivity index (χ3n) is 5.52. The Morgan fingerprint density at radius 2 is 1.78 bits per heavy atom. The van der Waals surface area contributed by atoms with E-state index >= 15 is 0 Å². The molecule has 2 atom stereocenters. The van der Waals surface area contributed by atoms with Crippen LogP contribution in [0.1, 0.15) is 11.3 Å². The molecule has 27 heavy (non-hydrogen) atoms. The van der Waals surface area contributed by atoms with E-state index in [0.29, 0.717) is 26.1 Å². The third kappa shape index (κ3) is 3.57. The molecule has 6 nitrogen and oxygen atoms in total. The molecule has 0 bridgehead atoms. The van der Waals surface area contributed by atoms with Gasteiger partial charge in [0, 0.05) is 45.8 Å². The third-order valence-corrected chi connectivity index (χ3v) is 5.52. The standard InChI is InChI=1S/C21H24N4O2/c1-23-18(13-16-7-3-2-4-8-16)21(27)25-12-11-24(15-19(25)20(23)26)14-17-9-5-6-10-22-17/h2-10,18-19H,11-15H2,1H3/t18-,19+/m0/s1. The lowest BCUT2D eigenvalue weighted by Crippen LogP contribution is -2.69. The SMILES string of the molecule is CN1C(=O)[C@H]2CN(Cc3ccccn3)CCN2C(=O)[C@@H]1Cc1ccccc1. The highest BCUT2D eigenvalue weighted by Crippen LogP contribution is 2.24. The number of benzene rings is 1. The predicted molar refractivity (Wildman–Crippen MR) is 102 cm³/mol. The number of rotatable bonds is 4. The second kappa shape index (κ2) is 7.48. The van der Waals surface area contributed by atoms with Gasteiger partial charge in [0.2, 0.25) is 11.8 Å². The summed E-state index contributed by atoms with van der Waals surface area (Å²) in [7, 11) is 1.75. The highest BCUT2D eigenvalue weighted by atomic mass is 16.2. The molecule has 2 fully saturated rings. The second-order valence-corrected chi connectivity index (χ2v) is 7.26. The van der Waals surface area contributed by atoms with Gasteiger partial charge in [0.05, 0.1) is 5.69 Å². The monoisotopic (exact) mass is 364 g/mol. The largest absolute Gasteiger partial charge is 0.332 e. The smallest absolute Gasteiger partial charge is 0.247 e. The molecule has 0 aliphatic carbocycles. The molecule has 0 unspecified atom stereocenters. The van der Waals surface area contributed by atoms with Crippen molar-refractivity contribution in [2.24, 2.45) is 0 Å². The van der Waals surface area contributed by atoms with Crippen LogP contribution in [-0.4, -0.2) is 70.3 Å². The lowest BCUT2D eigenvalue weighted by atomic mass is 9.97. The summed E-state index contributed by atoms with van der Waals surface area (Å²) in [5.41, 5.74) is 2.05. The maximum atomic E-state index is 13.1. The summed E-state index contributed by atoms with van der Waals surface area (Å²) in [5.74, 6) is 0.0877. The van der Waals surface area contributed by atoms with Gasteiger partial charge in [-0.25, -0.2) is 0 Å². The van der Waals surface area contributed by atoms with E-state index in [2.05, 4.69) is 9.88 Å². The normalized spacial score (nSPS) is 23.4. The summed E-state index contributed by atoms with van der Waals surface area (Å²) in [6, 6.07) is 14.9. The number of pyridine rings is 1. The fraction of sp³-hybridized carbons (Fsp3) is 0.381. The number of carbonyl (C=O) groups excluding carboxylic acids is 2. The molecule has 0 saturated carbocycles. The van der Waals surface area contributed by atoms with E-state index in [1.54, 1.807) is 23.0 Å². The topological polar surface area (TPSA) is 56.8 Å². The maximum Gasteiger partial charge on any atom is 0.247 e. The molecule has 0 N–H and O–H groups in total. The van der Waals surface area contributed by atoms with Gasteiger partial charge < -0.3 is 9.80 Å². The Balaban J connectivity index is 1.47. The van der Waals surface area contributed by atoms with Crippen molar-refractivity contribution in [1.29, 1.82) is 0 Å². The van der Waals surface area contributed by atoms with E-state index in [4.69, 9.17) is 0 Å². The van der Waals surface area contributed by atoms with E-state index in [-0.39, 0.29) is 11.8 Å². The Hall–Kier alpha value is -2.73. The molecule has 0 spiro atoms. The lowest BCUT2D eigenvalue weighted by Gasteiger charge is -2.48. The average molecular weight is 364 g/mol. The first kappa shape index (κ1) is 17.7. The highest BCUT2D eigenvalue weighted by Gasteiger charge is 2.46. The van der Waals surface area contributed by atoms with Gasteiger partial charge in [0.1, 0.15) is 12.1 Å². The molecule has 140 valence electrons. The summed E-state index contributed by atoms with van der Waals surface area (Å²) in [6.07, 6.45) is 2.34. The number of fused-ring (bicyclic) bond motifs is 1. The Labute approximate surface area is 159 Å². The molecule has 2 aromatic rings. The molecule has 6 heteroatoms.